The van der Waals surface area contributed by atoms with Gasteiger partial charge >= 0.3 is 0 Å². The molecule has 2 fully saturated rings. The first-order chi connectivity index (χ1) is 15.3. The zero-order valence-electron chi connectivity index (χ0n) is 19.8. The van der Waals surface area contributed by atoms with Crippen LogP contribution in [-0.4, -0.2) is 67.5 Å². The molecule has 3 rings (SSSR count). The largest absolute Gasteiger partial charge is 0.357 e. The van der Waals surface area contributed by atoms with Crippen molar-refractivity contribution in [2.75, 3.05) is 45.8 Å². The molecule has 2 aliphatic rings. The van der Waals surface area contributed by atoms with Gasteiger partial charge in [-0.3, -0.25) is 4.79 Å². The molecule has 0 unspecified atom stereocenters. The first-order valence-electron chi connectivity index (χ1n) is 12.4. The Morgan fingerprint density at radius 3 is 2.19 bits per heavy atom. The van der Waals surface area contributed by atoms with Gasteiger partial charge in [-0.05, 0) is 82.8 Å². The van der Waals surface area contributed by atoms with Crippen molar-refractivity contribution in [3.05, 3.63) is 35.4 Å². The summed E-state index contributed by atoms with van der Waals surface area (Å²) in [5, 5.41) is 6.81. The first kappa shape index (κ1) is 26.9. The molecule has 1 aromatic rings. The molecule has 2 aliphatic heterocycles. The van der Waals surface area contributed by atoms with E-state index in [-0.39, 0.29) is 29.9 Å². The summed E-state index contributed by atoms with van der Waals surface area (Å²) in [4.78, 5) is 21.9. The molecule has 0 bridgehead atoms. The fourth-order valence-corrected chi connectivity index (χ4v) is 4.41. The minimum Gasteiger partial charge on any atom is -0.357 e. The molecule has 1 aromatic carbocycles. The van der Waals surface area contributed by atoms with Crippen molar-refractivity contribution < 1.29 is 4.79 Å². The van der Waals surface area contributed by atoms with Crippen molar-refractivity contribution in [3.63, 3.8) is 0 Å². The van der Waals surface area contributed by atoms with E-state index in [1.807, 2.05) is 29.2 Å². The summed E-state index contributed by atoms with van der Waals surface area (Å²) in [5.74, 6) is 1.03. The second-order valence-corrected chi connectivity index (χ2v) is 8.78. The van der Waals surface area contributed by atoms with E-state index in [2.05, 4.69) is 22.5 Å². The van der Waals surface area contributed by atoms with Gasteiger partial charge in [0, 0.05) is 31.7 Å². The summed E-state index contributed by atoms with van der Waals surface area (Å²) in [6.45, 7) is 9.94. The molecule has 7 heteroatoms. The molecule has 0 radical (unpaired) electrons. The highest BCUT2D eigenvalue weighted by Gasteiger charge is 2.17. The van der Waals surface area contributed by atoms with Crippen molar-refractivity contribution in [1.82, 2.24) is 20.4 Å². The van der Waals surface area contributed by atoms with Crippen LogP contribution in [0.1, 0.15) is 74.2 Å². The average molecular weight is 556 g/mol. The first-order valence-corrected chi connectivity index (χ1v) is 12.4. The molecular formula is C25H42IN5O. The molecule has 1 amide bonds. The van der Waals surface area contributed by atoms with E-state index in [9.17, 15) is 4.79 Å². The number of rotatable bonds is 8. The summed E-state index contributed by atoms with van der Waals surface area (Å²) in [5.41, 5.74) is 1.91. The average Bonchev–Trinajstić information content (AvgIpc) is 3.09. The van der Waals surface area contributed by atoms with Gasteiger partial charge in [0.2, 0.25) is 0 Å². The Labute approximate surface area is 211 Å². The topological polar surface area (TPSA) is 60.0 Å². The van der Waals surface area contributed by atoms with Gasteiger partial charge < -0.3 is 20.4 Å². The van der Waals surface area contributed by atoms with Crippen molar-refractivity contribution in [2.45, 2.75) is 64.8 Å². The fourth-order valence-electron chi connectivity index (χ4n) is 4.41. The predicted molar refractivity (Wildman–Crippen MR) is 144 cm³/mol. The molecule has 0 atom stereocenters. The number of benzene rings is 1. The number of piperidine rings is 1. The van der Waals surface area contributed by atoms with E-state index in [4.69, 9.17) is 4.99 Å². The maximum atomic E-state index is 12.6. The van der Waals surface area contributed by atoms with Gasteiger partial charge in [-0.25, -0.2) is 4.99 Å². The van der Waals surface area contributed by atoms with Crippen LogP contribution in [0.2, 0.25) is 0 Å². The molecule has 0 spiro atoms. The number of hydrogen-bond donors (Lipinski definition) is 2. The van der Waals surface area contributed by atoms with Gasteiger partial charge in [0.05, 0.1) is 6.54 Å². The highest BCUT2D eigenvalue weighted by atomic mass is 127. The number of carbonyl (C=O) groups is 1. The van der Waals surface area contributed by atoms with Crippen molar-refractivity contribution >= 4 is 35.8 Å². The van der Waals surface area contributed by atoms with E-state index >= 15 is 0 Å². The number of halogens is 1. The standard InChI is InChI=1S/C25H41N5O.HI/c1-2-26-25(27-15-10-18-29-16-6-3-4-7-17-29)28-21-22-11-13-23(14-12-22)24(31)30-19-8-5-9-20-30;/h11-14H,2-10,15-21H2,1H3,(H2,26,27,28);1H. The summed E-state index contributed by atoms with van der Waals surface area (Å²) >= 11 is 0. The zero-order valence-corrected chi connectivity index (χ0v) is 22.1. The number of aliphatic imine (C=N–C) groups is 1. The van der Waals surface area contributed by atoms with Crippen LogP contribution < -0.4 is 10.6 Å². The lowest BCUT2D eigenvalue weighted by Crippen LogP contribution is -2.39. The Balaban J connectivity index is 0.00000363. The fraction of sp³-hybridized carbons (Fsp3) is 0.680. The molecule has 0 saturated carbocycles. The van der Waals surface area contributed by atoms with Gasteiger partial charge in [0.1, 0.15) is 0 Å². The summed E-state index contributed by atoms with van der Waals surface area (Å²) in [6.07, 6.45) is 10.1. The minimum atomic E-state index is 0. The number of amides is 1. The van der Waals surface area contributed by atoms with Crippen LogP contribution in [0.5, 0.6) is 0 Å². The zero-order chi connectivity index (χ0) is 21.7. The number of nitrogens with zero attached hydrogens (tertiary/aromatic N) is 3. The van der Waals surface area contributed by atoms with E-state index in [0.717, 1.165) is 62.5 Å². The van der Waals surface area contributed by atoms with Gasteiger partial charge in [-0.15, -0.1) is 24.0 Å². The number of hydrogen-bond acceptors (Lipinski definition) is 3. The lowest BCUT2D eigenvalue weighted by Gasteiger charge is -2.26. The van der Waals surface area contributed by atoms with Crippen LogP contribution >= 0.6 is 24.0 Å². The molecule has 2 heterocycles. The van der Waals surface area contributed by atoms with E-state index < -0.39 is 0 Å². The summed E-state index contributed by atoms with van der Waals surface area (Å²) < 4.78 is 0. The number of nitrogens with one attached hydrogen (secondary N) is 2. The Hall–Kier alpha value is -1.35. The van der Waals surface area contributed by atoms with Crippen LogP contribution in [-0.2, 0) is 6.54 Å². The predicted octanol–water partition coefficient (Wildman–Crippen LogP) is 4.25. The Kier molecular flexibility index (Phi) is 13.0. The third-order valence-corrected chi connectivity index (χ3v) is 6.25. The third-order valence-electron chi connectivity index (χ3n) is 6.25. The smallest absolute Gasteiger partial charge is 0.253 e. The van der Waals surface area contributed by atoms with E-state index in [0.29, 0.717) is 6.54 Å². The minimum absolute atomic E-state index is 0. The highest BCUT2D eigenvalue weighted by Crippen LogP contribution is 2.14. The van der Waals surface area contributed by atoms with Crippen LogP contribution in [0.15, 0.2) is 29.3 Å². The monoisotopic (exact) mass is 555 g/mol. The maximum Gasteiger partial charge on any atom is 0.253 e. The summed E-state index contributed by atoms with van der Waals surface area (Å²) in [6, 6.07) is 7.96. The van der Waals surface area contributed by atoms with Crippen LogP contribution in [0.25, 0.3) is 0 Å². The lowest BCUT2D eigenvalue weighted by atomic mass is 10.1. The van der Waals surface area contributed by atoms with Crippen LogP contribution in [0.4, 0.5) is 0 Å². The van der Waals surface area contributed by atoms with Gasteiger partial charge in [-0.1, -0.05) is 25.0 Å². The normalized spacial score (nSPS) is 17.9. The molecule has 32 heavy (non-hydrogen) atoms. The van der Waals surface area contributed by atoms with E-state index in [1.54, 1.807) is 0 Å². The number of carbonyl (C=O) groups excluding carboxylic acids is 1. The Morgan fingerprint density at radius 2 is 1.53 bits per heavy atom. The molecular weight excluding hydrogens is 513 g/mol. The SMILES string of the molecule is CCNC(=NCc1ccc(C(=O)N2CCCCC2)cc1)NCCCN1CCCCCC1.I. The Morgan fingerprint density at radius 1 is 0.906 bits per heavy atom. The molecule has 2 saturated heterocycles. The van der Waals surface area contributed by atoms with Crippen LogP contribution in [0, 0.1) is 0 Å². The highest BCUT2D eigenvalue weighted by molar-refractivity contribution is 14.0. The Bertz CT molecular complexity index is 680. The van der Waals surface area contributed by atoms with Gasteiger partial charge in [-0.2, -0.15) is 0 Å². The molecule has 0 aliphatic carbocycles. The van der Waals surface area contributed by atoms with Gasteiger partial charge in [0.25, 0.3) is 5.91 Å². The second-order valence-electron chi connectivity index (χ2n) is 8.78. The number of guanidine groups is 1. The number of likely N-dealkylation sites (tertiary alicyclic amines) is 2. The maximum absolute atomic E-state index is 12.6. The van der Waals surface area contributed by atoms with Crippen molar-refractivity contribution in [2.24, 2.45) is 4.99 Å². The quantitative estimate of drug-likeness (QED) is 0.218. The van der Waals surface area contributed by atoms with E-state index in [1.165, 1.54) is 51.7 Å². The second kappa shape index (κ2) is 15.5. The molecule has 180 valence electrons. The third kappa shape index (κ3) is 9.25. The summed E-state index contributed by atoms with van der Waals surface area (Å²) in [7, 11) is 0. The molecule has 0 aromatic heterocycles. The van der Waals surface area contributed by atoms with Crippen molar-refractivity contribution in [1.29, 1.82) is 0 Å². The molecule has 6 nitrogen and oxygen atoms in total. The van der Waals surface area contributed by atoms with Gasteiger partial charge in [0.15, 0.2) is 5.96 Å². The lowest BCUT2D eigenvalue weighted by molar-refractivity contribution is 0.0724. The van der Waals surface area contributed by atoms with Crippen molar-refractivity contribution in [3.8, 4) is 0 Å². The molecule has 2 N–H and O–H groups in total. The van der Waals surface area contributed by atoms with Crippen LogP contribution in [0.3, 0.4) is 0 Å².